The third kappa shape index (κ3) is 4.84. The molecule has 2 aromatic rings. The van der Waals surface area contributed by atoms with Crippen molar-refractivity contribution >= 4 is 17.3 Å². The average Bonchev–Trinajstić information content (AvgIpc) is 2.66. The van der Waals surface area contributed by atoms with Gasteiger partial charge in [-0.1, -0.05) is 32.0 Å². The van der Waals surface area contributed by atoms with Crippen molar-refractivity contribution in [3.63, 3.8) is 0 Å². The number of rotatable bonds is 8. The number of amides is 1. The van der Waals surface area contributed by atoms with E-state index < -0.39 is 0 Å². The van der Waals surface area contributed by atoms with Crippen LogP contribution in [0.25, 0.3) is 0 Å². The van der Waals surface area contributed by atoms with Gasteiger partial charge in [0.25, 0.3) is 0 Å². The maximum absolute atomic E-state index is 12.5. The van der Waals surface area contributed by atoms with Crippen LogP contribution in [-0.2, 0) is 4.79 Å². The summed E-state index contributed by atoms with van der Waals surface area (Å²) >= 11 is 0. The molecule has 0 radical (unpaired) electrons. The van der Waals surface area contributed by atoms with E-state index in [2.05, 4.69) is 24.5 Å². The van der Waals surface area contributed by atoms with Crippen molar-refractivity contribution in [1.29, 1.82) is 0 Å². The second-order valence-electron chi connectivity index (χ2n) is 6.51. The molecule has 146 valence electrons. The van der Waals surface area contributed by atoms with E-state index in [1.807, 2.05) is 25.1 Å². The molecule has 0 atom stereocenters. The molecule has 0 saturated carbocycles. The van der Waals surface area contributed by atoms with Crippen LogP contribution < -0.4 is 24.8 Å². The summed E-state index contributed by atoms with van der Waals surface area (Å²) in [5.74, 6) is 1.77. The van der Waals surface area contributed by atoms with Gasteiger partial charge in [0.1, 0.15) is 0 Å². The van der Waals surface area contributed by atoms with Gasteiger partial charge in [0.05, 0.1) is 27.9 Å². The number of anilines is 2. The highest BCUT2D eigenvalue weighted by Crippen LogP contribution is 2.39. The lowest BCUT2D eigenvalue weighted by Gasteiger charge is -2.17. The number of nitrogens with one attached hydrogen (secondary N) is 2. The number of methoxy groups -OCH3 is 3. The fraction of sp³-hybridized carbons (Fsp3) is 0.381. The Morgan fingerprint density at radius 3 is 2.19 bits per heavy atom. The quantitative estimate of drug-likeness (QED) is 0.727. The minimum atomic E-state index is -0.125. The summed E-state index contributed by atoms with van der Waals surface area (Å²) < 4.78 is 16.0. The predicted octanol–water partition coefficient (Wildman–Crippen LogP) is 4.19. The highest BCUT2D eigenvalue weighted by molar-refractivity contribution is 5.95. The second kappa shape index (κ2) is 9.16. The van der Waals surface area contributed by atoms with Gasteiger partial charge < -0.3 is 24.8 Å². The largest absolute Gasteiger partial charge is 0.493 e. The molecule has 1 amide bonds. The molecule has 2 aromatic carbocycles. The van der Waals surface area contributed by atoms with E-state index in [1.165, 1.54) is 0 Å². The van der Waals surface area contributed by atoms with Crippen LogP contribution in [0.5, 0.6) is 17.2 Å². The van der Waals surface area contributed by atoms with Gasteiger partial charge in [-0.15, -0.1) is 0 Å². The SMILES string of the molecule is COc1cc(NCC(=O)Nc2c(C)cccc2C(C)C)cc(OC)c1OC. The van der Waals surface area contributed by atoms with Crippen LogP contribution in [0.1, 0.15) is 30.9 Å². The molecular formula is C21H28N2O4. The third-order valence-electron chi connectivity index (χ3n) is 4.31. The molecule has 0 spiro atoms. The van der Waals surface area contributed by atoms with Crippen molar-refractivity contribution in [1.82, 2.24) is 0 Å². The van der Waals surface area contributed by atoms with Crippen molar-refractivity contribution in [2.24, 2.45) is 0 Å². The van der Waals surface area contributed by atoms with Gasteiger partial charge in [-0.2, -0.15) is 0 Å². The molecule has 2 N–H and O–H groups in total. The van der Waals surface area contributed by atoms with E-state index in [9.17, 15) is 4.79 Å². The predicted molar refractivity (Wildman–Crippen MR) is 108 cm³/mol. The first kappa shape index (κ1) is 20.4. The molecular weight excluding hydrogens is 344 g/mol. The summed E-state index contributed by atoms with van der Waals surface area (Å²) in [7, 11) is 4.66. The Labute approximate surface area is 160 Å². The second-order valence-corrected chi connectivity index (χ2v) is 6.51. The van der Waals surface area contributed by atoms with Crippen molar-refractivity contribution in [3.8, 4) is 17.2 Å². The molecule has 27 heavy (non-hydrogen) atoms. The number of benzene rings is 2. The van der Waals surface area contributed by atoms with Crippen LogP contribution in [0.3, 0.4) is 0 Å². The van der Waals surface area contributed by atoms with Crippen LogP contribution >= 0.6 is 0 Å². The van der Waals surface area contributed by atoms with Gasteiger partial charge in [-0.25, -0.2) is 0 Å². The summed E-state index contributed by atoms with van der Waals surface area (Å²) in [5.41, 5.74) is 3.75. The maximum atomic E-state index is 12.5. The zero-order valence-corrected chi connectivity index (χ0v) is 16.8. The smallest absolute Gasteiger partial charge is 0.243 e. The number of aryl methyl sites for hydroxylation is 1. The van der Waals surface area contributed by atoms with Crippen molar-refractivity contribution < 1.29 is 19.0 Å². The molecule has 0 saturated heterocycles. The Morgan fingerprint density at radius 2 is 1.67 bits per heavy atom. The number of carbonyl (C=O) groups excluding carboxylic acids is 1. The summed E-state index contributed by atoms with van der Waals surface area (Å²) in [4.78, 5) is 12.5. The Morgan fingerprint density at radius 1 is 1.04 bits per heavy atom. The lowest BCUT2D eigenvalue weighted by atomic mass is 9.98. The number of ether oxygens (including phenoxy) is 3. The number of carbonyl (C=O) groups is 1. The van der Waals surface area contributed by atoms with Crippen LogP contribution in [0.4, 0.5) is 11.4 Å². The summed E-state index contributed by atoms with van der Waals surface area (Å²) in [5, 5.41) is 6.13. The molecule has 0 aliphatic carbocycles. The Balaban J connectivity index is 2.13. The first-order chi connectivity index (χ1) is 12.9. The zero-order valence-electron chi connectivity index (χ0n) is 16.8. The van der Waals surface area contributed by atoms with Crippen molar-refractivity contribution in [2.75, 3.05) is 38.5 Å². The number of hydrogen-bond donors (Lipinski definition) is 2. The summed E-state index contributed by atoms with van der Waals surface area (Å²) in [6, 6.07) is 9.58. The molecule has 0 aliphatic rings. The molecule has 2 rings (SSSR count). The molecule has 0 heterocycles. The Bertz CT molecular complexity index is 778. The standard InChI is InChI=1S/C21H28N2O4/c1-13(2)16-9-7-8-14(3)20(16)23-19(24)12-22-15-10-17(25-4)21(27-6)18(11-15)26-5/h7-11,13,22H,12H2,1-6H3,(H,23,24). The lowest BCUT2D eigenvalue weighted by molar-refractivity contribution is -0.114. The lowest BCUT2D eigenvalue weighted by Crippen LogP contribution is -2.23. The van der Waals surface area contributed by atoms with Gasteiger partial charge in [-0.05, 0) is 24.0 Å². The molecule has 0 fully saturated rings. The minimum Gasteiger partial charge on any atom is -0.493 e. The van der Waals surface area contributed by atoms with Gasteiger partial charge >= 0.3 is 0 Å². The van der Waals surface area contributed by atoms with E-state index >= 15 is 0 Å². The third-order valence-corrected chi connectivity index (χ3v) is 4.31. The van der Waals surface area contributed by atoms with Crippen molar-refractivity contribution in [2.45, 2.75) is 26.7 Å². The van der Waals surface area contributed by atoms with E-state index in [0.717, 1.165) is 16.8 Å². The van der Waals surface area contributed by atoms with Gasteiger partial charge in [0.15, 0.2) is 11.5 Å². The van der Waals surface area contributed by atoms with E-state index in [4.69, 9.17) is 14.2 Å². The minimum absolute atomic E-state index is 0.116. The van der Waals surface area contributed by atoms with Crippen LogP contribution in [0, 0.1) is 6.92 Å². The zero-order chi connectivity index (χ0) is 20.0. The first-order valence-electron chi connectivity index (χ1n) is 8.84. The molecule has 6 heteroatoms. The van der Waals surface area contributed by atoms with E-state index in [1.54, 1.807) is 33.5 Å². The fourth-order valence-electron chi connectivity index (χ4n) is 2.89. The van der Waals surface area contributed by atoms with Crippen LogP contribution in [0.2, 0.25) is 0 Å². The molecule has 0 unspecified atom stereocenters. The van der Waals surface area contributed by atoms with Crippen LogP contribution in [-0.4, -0.2) is 33.8 Å². The fourth-order valence-corrected chi connectivity index (χ4v) is 2.89. The maximum Gasteiger partial charge on any atom is 0.243 e. The monoisotopic (exact) mass is 372 g/mol. The van der Waals surface area contributed by atoms with Crippen molar-refractivity contribution in [3.05, 3.63) is 41.5 Å². The van der Waals surface area contributed by atoms with E-state index in [0.29, 0.717) is 28.9 Å². The average molecular weight is 372 g/mol. The highest BCUT2D eigenvalue weighted by Gasteiger charge is 2.15. The summed E-state index contributed by atoms with van der Waals surface area (Å²) in [6.45, 7) is 6.33. The molecule has 0 bridgehead atoms. The highest BCUT2D eigenvalue weighted by atomic mass is 16.5. The normalized spacial score (nSPS) is 10.5. The van der Waals surface area contributed by atoms with Gasteiger partial charge in [0, 0.05) is 23.5 Å². The molecule has 0 aliphatic heterocycles. The van der Waals surface area contributed by atoms with Crippen LogP contribution in [0.15, 0.2) is 30.3 Å². The molecule has 6 nitrogen and oxygen atoms in total. The topological polar surface area (TPSA) is 68.8 Å². The Kier molecular flexibility index (Phi) is 6.93. The summed E-state index contributed by atoms with van der Waals surface area (Å²) in [6.07, 6.45) is 0. The first-order valence-corrected chi connectivity index (χ1v) is 8.84. The van der Waals surface area contributed by atoms with E-state index in [-0.39, 0.29) is 12.5 Å². The number of para-hydroxylation sites is 1. The molecule has 0 aromatic heterocycles. The van der Waals surface area contributed by atoms with Gasteiger partial charge in [-0.3, -0.25) is 4.79 Å². The van der Waals surface area contributed by atoms with Gasteiger partial charge in [0.2, 0.25) is 11.7 Å². The number of hydrogen-bond acceptors (Lipinski definition) is 5. The Hall–Kier alpha value is -2.89.